The van der Waals surface area contributed by atoms with Gasteiger partial charge in [0, 0.05) is 33.7 Å². The average Bonchev–Trinajstić information content (AvgIpc) is 3.17. The molecule has 3 heterocycles. The number of hydrogen-bond donors (Lipinski definition) is 0. The molecule has 3 rings (SSSR count). The van der Waals surface area contributed by atoms with Crippen molar-refractivity contribution in [2.24, 2.45) is 4.99 Å². The van der Waals surface area contributed by atoms with E-state index in [2.05, 4.69) is 9.73 Å². The van der Waals surface area contributed by atoms with Gasteiger partial charge >= 0.3 is 17.9 Å². The number of fused-ring (bicyclic) bond motifs is 3. The Morgan fingerprint density at radius 2 is 1.96 bits per heavy atom. The Bertz CT molecular complexity index is 859. The molecule has 0 aliphatic carbocycles. The topological polar surface area (TPSA) is 97.3 Å². The zero-order valence-electron chi connectivity index (χ0n) is 16.9. The van der Waals surface area contributed by atoms with Crippen molar-refractivity contribution in [3.05, 3.63) is 11.4 Å². The highest BCUT2D eigenvalue weighted by Crippen LogP contribution is 2.35. The highest BCUT2D eigenvalue weighted by molar-refractivity contribution is 6.20. The fourth-order valence-corrected chi connectivity index (χ4v) is 3.65. The lowest BCUT2D eigenvalue weighted by Crippen LogP contribution is -2.58. The van der Waals surface area contributed by atoms with Gasteiger partial charge in [-0.3, -0.25) is 19.4 Å². The Hall–Kier alpha value is -2.75. The summed E-state index contributed by atoms with van der Waals surface area (Å²) in [5.74, 6) is 0.197. The molecule has 1 unspecified atom stereocenters. The van der Waals surface area contributed by atoms with E-state index in [1.165, 1.54) is 12.0 Å². The molecule has 2 aliphatic rings. The number of amides is 3. The second-order valence-corrected chi connectivity index (χ2v) is 6.87. The maximum Gasteiger partial charge on any atom is 0.402 e. The third kappa shape index (κ3) is 3.07. The first-order valence-electron chi connectivity index (χ1n) is 9.18. The van der Waals surface area contributed by atoms with Crippen LogP contribution in [0.1, 0.15) is 30.3 Å². The third-order valence-corrected chi connectivity index (χ3v) is 5.32. The number of aliphatic imine (C=N–C) groups is 1. The summed E-state index contributed by atoms with van der Waals surface area (Å²) < 4.78 is 13.7. The number of hydrogen-bond acceptors (Lipinski definition) is 6. The van der Waals surface area contributed by atoms with Crippen LogP contribution in [0.25, 0.3) is 0 Å². The minimum absolute atomic E-state index is 0.0269. The number of aromatic nitrogens is 2. The van der Waals surface area contributed by atoms with Crippen molar-refractivity contribution in [3.8, 4) is 0 Å². The highest BCUT2D eigenvalue weighted by Gasteiger charge is 2.54. The van der Waals surface area contributed by atoms with E-state index in [9.17, 15) is 14.4 Å². The van der Waals surface area contributed by atoms with Crippen LogP contribution in [0.5, 0.6) is 0 Å². The number of carbonyl (C=O) groups excluding carboxylic acids is 3. The molecule has 1 aromatic heterocycles. The molecule has 0 aromatic carbocycles. The first kappa shape index (κ1) is 20.0. The number of nitrogens with zero attached hydrogens (tertiary/aromatic N) is 5. The number of esters is 1. The summed E-state index contributed by atoms with van der Waals surface area (Å²) in [5.41, 5.74) is 1.93. The quantitative estimate of drug-likeness (QED) is 0.382. The molecular weight excluding hydrogens is 366 g/mol. The van der Waals surface area contributed by atoms with Gasteiger partial charge in [0.15, 0.2) is 0 Å². The summed E-state index contributed by atoms with van der Waals surface area (Å²) in [4.78, 5) is 44.4. The molecule has 28 heavy (non-hydrogen) atoms. The maximum absolute atomic E-state index is 13.2. The molecule has 0 N–H and O–H groups in total. The summed E-state index contributed by atoms with van der Waals surface area (Å²) in [6.45, 7) is 5.21. The van der Waals surface area contributed by atoms with Gasteiger partial charge in [-0.25, -0.2) is 13.9 Å². The molecule has 0 saturated carbocycles. The molecule has 2 aliphatic heterocycles. The van der Waals surface area contributed by atoms with Gasteiger partial charge in [0.05, 0.1) is 20.1 Å². The lowest BCUT2D eigenvalue weighted by molar-refractivity contribution is -0.689. The van der Waals surface area contributed by atoms with Gasteiger partial charge in [-0.15, -0.1) is 0 Å². The molecule has 152 valence electrons. The number of methoxy groups -OCH3 is 2. The van der Waals surface area contributed by atoms with Gasteiger partial charge in [0.25, 0.3) is 5.91 Å². The van der Waals surface area contributed by atoms with Gasteiger partial charge in [-0.1, -0.05) is 4.99 Å². The summed E-state index contributed by atoms with van der Waals surface area (Å²) >= 11 is 0. The molecule has 1 fully saturated rings. The van der Waals surface area contributed by atoms with Crippen LogP contribution in [0.15, 0.2) is 4.99 Å². The minimum atomic E-state index is -0.710. The molecule has 1 aromatic rings. The smallest absolute Gasteiger partial charge is 0.402 e. The summed E-state index contributed by atoms with van der Waals surface area (Å²) in [5, 5.41) is 0. The number of urea groups is 1. The molecular formula is C18H26N5O5+. The number of ether oxygens (including phenoxy) is 2. The molecule has 10 nitrogen and oxygen atoms in total. The van der Waals surface area contributed by atoms with E-state index >= 15 is 0 Å². The van der Waals surface area contributed by atoms with Crippen LogP contribution < -0.4 is 4.57 Å². The van der Waals surface area contributed by atoms with Crippen LogP contribution in [-0.2, 0) is 25.6 Å². The lowest BCUT2D eigenvalue weighted by atomic mass is 10.1. The minimum Gasteiger partial charge on any atom is -0.469 e. The zero-order valence-corrected chi connectivity index (χ0v) is 16.9. The van der Waals surface area contributed by atoms with Gasteiger partial charge < -0.3 is 9.47 Å². The first-order valence-corrected chi connectivity index (χ1v) is 9.18. The number of carbonyl (C=O) groups is 3. The normalized spacial score (nSPS) is 18.3. The monoisotopic (exact) mass is 392 g/mol. The molecule has 0 radical (unpaired) electrons. The predicted octanol–water partition coefficient (Wildman–Crippen LogP) is 0.471. The van der Waals surface area contributed by atoms with Crippen molar-refractivity contribution in [2.75, 3.05) is 34.4 Å². The van der Waals surface area contributed by atoms with E-state index < -0.39 is 18.0 Å². The van der Waals surface area contributed by atoms with Crippen LogP contribution in [0.2, 0.25) is 0 Å². The van der Waals surface area contributed by atoms with Crippen LogP contribution in [0.4, 0.5) is 10.7 Å². The zero-order chi connectivity index (χ0) is 20.6. The molecule has 3 amide bonds. The number of imidazole rings is 1. The number of likely N-dealkylation sites (N-methyl/N-ethyl adjacent to an activating group) is 1. The van der Waals surface area contributed by atoms with Crippen LogP contribution in [-0.4, -0.2) is 72.5 Å². The molecule has 1 saturated heterocycles. The number of amidine groups is 1. The molecule has 10 heteroatoms. The third-order valence-electron chi connectivity index (χ3n) is 5.32. The number of imide groups is 1. The van der Waals surface area contributed by atoms with E-state index in [1.807, 2.05) is 23.0 Å². The Kier molecular flexibility index (Phi) is 5.50. The van der Waals surface area contributed by atoms with Crippen molar-refractivity contribution in [3.63, 3.8) is 0 Å². The Morgan fingerprint density at radius 3 is 2.61 bits per heavy atom. The Labute approximate surface area is 163 Å². The largest absolute Gasteiger partial charge is 0.469 e. The SMILES string of the molecule is COCCC[n+]1c(C)c(C)n2c1N=C1C2C(=O)N(CCC(=O)OC)C(=O)N1C. The van der Waals surface area contributed by atoms with Gasteiger partial charge in [0.1, 0.15) is 11.4 Å². The van der Waals surface area contributed by atoms with E-state index in [0.717, 1.165) is 22.7 Å². The second kappa shape index (κ2) is 7.70. The number of rotatable bonds is 7. The molecule has 0 spiro atoms. The standard InChI is InChI=1S/C18H26N5O5/c1-11-12(2)23-14-15(19-17(23)21(11)8-6-10-27-4)20(3)18(26)22(16(14)25)9-7-13(24)28-5/h14H,6-10H2,1-5H3/q+1. The Balaban J connectivity index is 1.96. The van der Waals surface area contributed by atoms with E-state index in [4.69, 9.17) is 4.74 Å². The average molecular weight is 392 g/mol. The van der Waals surface area contributed by atoms with Crippen LogP contribution in [0, 0.1) is 13.8 Å². The van der Waals surface area contributed by atoms with Crippen molar-refractivity contribution < 1.29 is 28.4 Å². The van der Waals surface area contributed by atoms with Crippen molar-refractivity contribution in [2.45, 2.75) is 39.3 Å². The highest BCUT2D eigenvalue weighted by atomic mass is 16.5. The van der Waals surface area contributed by atoms with E-state index in [-0.39, 0.29) is 18.9 Å². The van der Waals surface area contributed by atoms with Crippen LogP contribution in [0.3, 0.4) is 0 Å². The van der Waals surface area contributed by atoms with Crippen molar-refractivity contribution in [1.82, 2.24) is 14.4 Å². The second-order valence-electron chi connectivity index (χ2n) is 6.87. The molecule has 1 atom stereocenters. The fourth-order valence-electron chi connectivity index (χ4n) is 3.65. The summed E-state index contributed by atoms with van der Waals surface area (Å²) in [6.07, 6.45) is 0.760. The maximum atomic E-state index is 13.2. The van der Waals surface area contributed by atoms with Crippen molar-refractivity contribution in [1.29, 1.82) is 0 Å². The Morgan fingerprint density at radius 1 is 1.25 bits per heavy atom. The van der Waals surface area contributed by atoms with Crippen molar-refractivity contribution >= 4 is 29.7 Å². The predicted molar refractivity (Wildman–Crippen MR) is 98.2 cm³/mol. The molecule has 0 bridgehead atoms. The van der Waals surface area contributed by atoms with Gasteiger partial charge in [0.2, 0.25) is 11.9 Å². The van der Waals surface area contributed by atoms with E-state index in [1.54, 1.807) is 14.2 Å². The lowest BCUT2D eigenvalue weighted by Gasteiger charge is -2.33. The van der Waals surface area contributed by atoms with Gasteiger partial charge in [-0.2, -0.15) is 0 Å². The summed E-state index contributed by atoms with van der Waals surface area (Å²) in [7, 11) is 4.52. The van der Waals surface area contributed by atoms with Crippen LogP contribution >= 0.6 is 0 Å². The van der Waals surface area contributed by atoms with Gasteiger partial charge in [-0.05, 0) is 13.8 Å². The van der Waals surface area contributed by atoms with E-state index in [0.29, 0.717) is 24.9 Å². The summed E-state index contributed by atoms with van der Waals surface area (Å²) in [6, 6.07) is -1.20. The fraction of sp³-hybridized carbons (Fsp3) is 0.611. The first-order chi connectivity index (χ1) is 13.3.